The first-order chi connectivity index (χ1) is 12.1. The van der Waals surface area contributed by atoms with Crippen LogP contribution in [0.15, 0.2) is 24.3 Å². The van der Waals surface area contributed by atoms with Gasteiger partial charge in [-0.05, 0) is 55.9 Å². The molecule has 3 N–H and O–H groups in total. The SMILES string of the molecule is CNC(=O)CCOc1ccc(NC(=O)CC2CC3CCC(C2)N3)cc1.Cl. The molecule has 2 fully saturated rings. The lowest BCUT2D eigenvalue weighted by Crippen LogP contribution is -2.39. The molecule has 0 spiro atoms. The molecule has 6 nitrogen and oxygen atoms in total. The zero-order chi connectivity index (χ0) is 17.6. The number of amides is 2. The van der Waals surface area contributed by atoms with Crippen molar-refractivity contribution < 1.29 is 14.3 Å². The number of rotatable bonds is 7. The van der Waals surface area contributed by atoms with E-state index in [-0.39, 0.29) is 24.2 Å². The summed E-state index contributed by atoms with van der Waals surface area (Å²) < 4.78 is 5.51. The summed E-state index contributed by atoms with van der Waals surface area (Å²) >= 11 is 0. The predicted octanol–water partition coefficient (Wildman–Crippen LogP) is 2.48. The summed E-state index contributed by atoms with van der Waals surface area (Å²) in [4.78, 5) is 23.4. The molecular formula is C19H28ClN3O3. The molecule has 2 heterocycles. The summed E-state index contributed by atoms with van der Waals surface area (Å²) in [6.07, 6.45) is 5.66. The standard InChI is InChI=1S/C19H27N3O3.ClH/c1-20-18(23)8-9-25-17-6-4-14(5-7-17)22-19(24)12-13-10-15-2-3-16(11-13)21-15;/h4-7,13,15-16,21H,2-3,8-12H2,1H3,(H,20,23)(H,22,24);1H. The van der Waals surface area contributed by atoms with Gasteiger partial charge < -0.3 is 20.7 Å². The van der Waals surface area contributed by atoms with Gasteiger partial charge >= 0.3 is 0 Å². The summed E-state index contributed by atoms with van der Waals surface area (Å²) in [5.74, 6) is 1.22. The van der Waals surface area contributed by atoms with Crippen LogP contribution in [-0.2, 0) is 9.59 Å². The van der Waals surface area contributed by atoms with E-state index in [1.807, 2.05) is 24.3 Å². The Balaban J connectivity index is 0.00000243. The molecule has 7 heteroatoms. The molecule has 0 radical (unpaired) electrons. The third kappa shape index (κ3) is 5.88. The second kappa shape index (κ2) is 9.78. The maximum absolute atomic E-state index is 12.3. The van der Waals surface area contributed by atoms with Crippen molar-refractivity contribution >= 4 is 29.9 Å². The summed E-state index contributed by atoms with van der Waals surface area (Å²) in [6, 6.07) is 8.51. The minimum absolute atomic E-state index is 0. The third-order valence-corrected chi connectivity index (χ3v) is 5.06. The second-order valence-corrected chi connectivity index (χ2v) is 7.02. The van der Waals surface area contributed by atoms with Crippen LogP contribution in [0.25, 0.3) is 0 Å². The van der Waals surface area contributed by atoms with Crippen molar-refractivity contribution in [1.82, 2.24) is 10.6 Å². The Morgan fingerprint density at radius 3 is 2.38 bits per heavy atom. The third-order valence-electron chi connectivity index (χ3n) is 5.06. The number of anilines is 1. The number of halogens is 1. The Morgan fingerprint density at radius 2 is 1.77 bits per heavy atom. The Labute approximate surface area is 160 Å². The van der Waals surface area contributed by atoms with Crippen molar-refractivity contribution in [3.63, 3.8) is 0 Å². The van der Waals surface area contributed by atoms with E-state index >= 15 is 0 Å². The molecule has 0 aliphatic carbocycles. The molecule has 2 aliphatic heterocycles. The molecule has 0 saturated carbocycles. The van der Waals surface area contributed by atoms with E-state index in [1.54, 1.807) is 7.05 Å². The Bertz CT molecular complexity index is 597. The van der Waals surface area contributed by atoms with Crippen LogP contribution in [0.2, 0.25) is 0 Å². The van der Waals surface area contributed by atoms with Crippen LogP contribution in [0, 0.1) is 5.92 Å². The highest BCUT2D eigenvalue weighted by atomic mass is 35.5. The molecule has 2 aliphatic rings. The van der Waals surface area contributed by atoms with Crippen molar-refractivity contribution in [2.45, 2.75) is 50.6 Å². The van der Waals surface area contributed by atoms with Gasteiger partial charge in [0.2, 0.25) is 11.8 Å². The number of hydrogen-bond donors (Lipinski definition) is 3. The molecule has 2 saturated heterocycles. The molecule has 144 valence electrons. The van der Waals surface area contributed by atoms with Crippen LogP contribution in [0.1, 0.15) is 38.5 Å². The van der Waals surface area contributed by atoms with Gasteiger partial charge in [0.05, 0.1) is 13.0 Å². The maximum atomic E-state index is 12.3. The summed E-state index contributed by atoms with van der Waals surface area (Å²) in [7, 11) is 1.61. The average Bonchev–Trinajstić information content (AvgIpc) is 2.94. The molecule has 26 heavy (non-hydrogen) atoms. The molecule has 3 rings (SSSR count). The highest BCUT2D eigenvalue weighted by Crippen LogP contribution is 2.32. The fourth-order valence-electron chi connectivity index (χ4n) is 3.84. The minimum Gasteiger partial charge on any atom is -0.493 e. The van der Waals surface area contributed by atoms with E-state index in [0.29, 0.717) is 43.2 Å². The first kappa shape index (κ1) is 20.5. The normalized spacial score (nSPS) is 23.7. The van der Waals surface area contributed by atoms with Crippen LogP contribution in [0.3, 0.4) is 0 Å². The number of nitrogens with one attached hydrogen (secondary N) is 3. The Kier molecular flexibility index (Phi) is 7.72. The van der Waals surface area contributed by atoms with Crippen molar-refractivity contribution in [3.8, 4) is 5.75 Å². The monoisotopic (exact) mass is 381 g/mol. The number of hydrogen-bond acceptors (Lipinski definition) is 4. The van der Waals surface area contributed by atoms with Gasteiger partial charge in [-0.2, -0.15) is 0 Å². The summed E-state index contributed by atoms with van der Waals surface area (Å²) in [5, 5.41) is 9.13. The zero-order valence-corrected chi connectivity index (χ0v) is 15.9. The molecule has 1 aromatic carbocycles. The predicted molar refractivity (Wildman–Crippen MR) is 104 cm³/mol. The smallest absolute Gasteiger partial charge is 0.224 e. The van der Waals surface area contributed by atoms with Gasteiger partial charge in [0, 0.05) is 31.2 Å². The lowest BCUT2D eigenvalue weighted by Gasteiger charge is -2.28. The van der Waals surface area contributed by atoms with Crippen LogP contribution in [0.5, 0.6) is 5.75 Å². The lowest BCUT2D eigenvalue weighted by molar-refractivity contribution is -0.121. The van der Waals surface area contributed by atoms with E-state index in [9.17, 15) is 9.59 Å². The van der Waals surface area contributed by atoms with E-state index in [2.05, 4.69) is 16.0 Å². The first-order valence-electron chi connectivity index (χ1n) is 9.11. The largest absolute Gasteiger partial charge is 0.493 e. The number of carbonyl (C=O) groups excluding carboxylic acids is 2. The van der Waals surface area contributed by atoms with Crippen LogP contribution in [-0.4, -0.2) is 37.6 Å². The van der Waals surface area contributed by atoms with Gasteiger partial charge in [0.15, 0.2) is 0 Å². The number of fused-ring (bicyclic) bond motifs is 2. The van der Waals surface area contributed by atoms with E-state index in [4.69, 9.17) is 4.74 Å². The molecule has 2 atom stereocenters. The van der Waals surface area contributed by atoms with E-state index in [1.165, 1.54) is 12.8 Å². The zero-order valence-electron chi connectivity index (χ0n) is 15.1. The maximum Gasteiger partial charge on any atom is 0.224 e. The van der Waals surface area contributed by atoms with Gasteiger partial charge in [0.1, 0.15) is 5.75 Å². The topological polar surface area (TPSA) is 79.5 Å². The fraction of sp³-hybridized carbons (Fsp3) is 0.579. The first-order valence-corrected chi connectivity index (χ1v) is 9.11. The van der Waals surface area contributed by atoms with E-state index < -0.39 is 0 Å². The summed E-state index contributed by atoms with van der Waals surface area (Å²) in [6.45, 7) is 0.337. The van der Waals surface area contributed by atoms with Gasteiger partial charge in [-0.3, -0.25) is 9.59 Å². The van der Waals surface area contributed by atoms with Crippen LogP contribution >= 0.6 is 12.4 Å². The Hall–Kier alpha value is -1.79. The molecule has 0 aromatic heterocycles. The second-order valence-electron chi connectivity index (χ2n) is 7.02. The van der Waals surface area contributed by atoms with E-state index in [0.717, 1.165) is 18.5 Å². The molecule has 2 bridgehead atoms. The van der Waals surface area contributed by atoms with Crippen molar-refractivity contribution in [2.75, 3.05) is 19.0 Å². The molecule has 1 aromatic rings. The number of piperidine rings is 1. The van der Waals surface area contributed by atoms with Crippen molar-refractivity contribution in [2.24, 2.45) is 5.92 Å². The molecule has 2 unspecified atom stereocenters. The van der Waals surface area contributed by atoms with Gasteiger partial charge in [-0.25, -0.2) is 0 Å². The number of carbonyl (C=O) groups is 2. The van der Waals surface area contributed by atoms with Crippen LogP contribution < -0.4 is 20.7 Å². The van der Waals surface area contributed by atoms with Gasteiger partial charge in [-0.1, -0.05) is 0 Å². The number of ether oxygens (including phenoxy) is 1. The van der Waals surface area contributed by atoms with Gasteiger partial charge in [-0.15, -0.1) is 12.4 Å². The lowest BCUT2D eigenvalue weighted by atomic mass is 9.89. The van der Waals surface area contributed by atoms with Crippen molar-refractivity contribution in [3.05, 3.63) is 24.3 Å². The molecule has 2 amide bonds. The average molecular weight is 382 g/mol. The highest BCUT2D eigenvalue weighted by molar-refractivity contribution is 5.90. The molecular weight excluding hydrogens is 354 g/mol. The van der Waals surface area contributed by atoms with Crippen molar-refractivity contribution in [1.29, 1.82) is 0 Å². The quantitative estimate of drug-likeness (QED) is 0.678. The van der Waals surface area contributed by atoms with Crippen LogP contribution in [0.4, 0.5) is 5.69 Å². The van der Waals surface area contributed by atoms with Gasteiger partial charge in [0.25, 0.3) is 0 Å². The fourth-order valence-corrected chi connectivity index (χ4v) is 3.84. The highest BCUT2D eigenvalue weighted by Gasteiger charge is 2.34. The minimum atomic E-state index is -0.0461. The number of benzene rings is 1. The Morgan fingerprint density at radius 1 is 1.12 bits per heavy atom. The summed E-state index contributed by atoms with van der Waals surface area (Å²) in [5.41, 5.74) is 0.778.